The summed E-state index contributed by atoms with van der Waals surface area (Å²) >= 11 is 0. The van der Waals surface area contributed by atoms with Crippen molar-refractivity contribution in [1.82, 2.24) is 28.6 Å². The molecule has 0 N–H and O–H groups in total. The Morgan fingerprint density at radius 3 is 2.52 bits per heavy atom. The fraction of sp³-hybridized carbons (Fsp3) is 0.364. The number of carbonyl (C=O) groups is 1. The first-order chi connectivity index (χ1) is 21.9. The lowest BCUT2D eigenvalue weighted by atomic mass is 9.60. The van der Waals surface area contributed by atoms with Crippen molar-refractivity contribution in [3.05, 3.63) is 95.2 Å². The summed E-state index contributed by atoms with van der Waals surface area (Å²) in [6, 6.07) is 7.17. The Morgan fingerprint density at radius 1 is 1.11 bits per heavy atom. The van der Waals surface area contributed by atoms with Gasteiger partial charge in [0, 0.05) is 31.5 Å². The van der Waals surface area contributed by atoms with E-state index in [0.29, 0.717) is 23.6 Å². The molecule has 46 heavy (non-hydrogen) atoms. The highest BCUT2D eigenvalue weighted by Crippen LogP contribution is 2.52. The van der Waals surface area contributed by atoms with Crippen LogP contribution in [0.2, 0.25) is 0 Å². The normalized spacial score (nSPS) is 22.8. The molecule has 0 radical (unpaired) electrons. The van der Waals surface area contributed by atoms with Crippen LogP contribution in [-0.2, 0) is 29.4 Å². The zero-order valence-corrected chi connectivity index (χ0v) is 25.9. The number of pyridine rings is 1. The maximum absolute atomic E-state index is 14.6. The number of imidazole rings is 1. The lowest BCUT2D eigenvalue weighted by molar-refractivity contribution is -0.137. The summed E-state index contributed by atoms with van der Waals surface area (Å²) in [5, 5.41) is 4.90. The van der Waals surface area contributed by atoms with Gasteiger partial charge in [0.05, 0.1) is 44.6 Å². The van der Waals surface area contributed by atoms with Crippen molar-refractivity contribution in [2.75, 3.05) is 0 Å². The summed E-state index contributed by atoms with van der Waals surface area (Å²) in [4.78, 5) is 23.2. The molecule has 3 atom stereocenters. The third-order valence-electron chi connectivity index (χ3n) is 9.60. The zero-order valence-electron chi connectivity index (χ0n) is 25.1. The Labute approximate surface area is 263 Å². The van der Waals surface area contributed by atoms with Gasteiger partial charge in [-0.15, -0.1) is 0 Å². The van der Waals surface area contributed by atoms with Gasteiger partial charge in [-0.3, -0.25) is 9.78 Å². The number of aryl methyl sites for hydroxylation is 1. The smallest absolute Gasteiger partial charge is 0.339 e. The minimum Gasteiger partial charge on any atom is -0.339 e. The lowest BCUT2D eigenvalue weighted by Crippen LogP contribution is -2.55. The van der Waals surface area contributed by atoms with Crippen LogP contribution in [0.15, 0.2) is 71.9 Å². The third-order valence-corrected chi connectivity index (χ3v) is 11.7. The van der Waals surface area contributed by atoms with Crippen molar-refractivity contribution >= 4 is 27.4 Å². The maximum atomic E-state index is 14.6. The van der Waals surface area contributed by atoms with E-state index in [1.54, 1.807) is 47.2 Å². The number of hydrogen-bond donors (Lipinski definition) is 0. The van der Waals surface area contributed by atoms with Crippen LogP contribution in [0.5, 0.6) is 0 Å². The number of carbonyl (C=O) groups excluding carboxylic acids is 1. The number of fused-ring (bicyclic) bond motifs is 2. The van der Waals surface area contributed by atoms with E-state index in [-0.39, 0.29) is 36.4 Å². The van der Waals surface area contributed by atoms with Gasteiger partial charge in [-0.1, -0.05) is 12.0 Å². The van der Waals surface area contributed by atoms with E-state index in [0.717, 1.165) is 54.4 Å². The molecule has 3 aliphatic rings. The third kappa shape index (κ3) is 5.09. The maximum Gasteiger partial charge on any atom is 0.416 e. The molecular weight excluding hydrogens is 620 g/mol. The highest BCUT2D eigenvalue weighted by molar-refractivity contribution is 7.98. The summed E-state index contributed by atoms with van der Waals surface area (Å²) in [6.45, 7) is 0. The van der Waals surface area contributed by atoms with Crippen molar-refractivity contribution in [1.29, 1.82) is 0 Å². The van der Waals surface area contributed by atoms with Crippen molar-refractivity contribution in [2.24, 2.45) is 12.5 Å². The van der Waals surface area contributed by atoms with Gasteiger partial charge in [0.2, 0.25) is 0 Å². The van der Waals surface area contributed by atoms with Crippen LogP contribution in [0.3, 0.4) is 0 Å². The van der Waals surface area contributed by atoms with Crippen molar-refractivity contribution in [3.8, 4) is 5.69 Å². The molecule has 0 amide bonds. The molecule has 0 aliphatic heterocycles. The SMILES string of the molecule is C=S(=O)(c1cn(C)cn1)N(C1CCC1)[C@H]1CCC2=Cc3c(cnn3-c3ccc(F)cc3)C[C@]2(C(=O)c2cc(C(F)(F)F)ccn2)C1. The van der Waals surface area contributed by atoms with Crippen LogP contribution in [0.4, 0.5) is 17.6 Å². The number of Topliss-reactive ketones (excluding diaryl/α,β-unsaturated/α-hetero) is 1. The Balaban J connectivity index is 1.34. The van der Waals surface area contributed by atoms with E-state index >= 15 is 0 Å². The van der Waals surface area contributed by atoms with E-state index in [9.17, 15) is 26.6 Å². The molecule has 3 heterocycles. The number of nitrogens with zero attached hydrogens (tertiary/aromatic N) is 6. The molecule has 0 saturated heterocycles. The van der Waals surface area contributed by atoms with E-state index in [4.69, 9.17) is 0 Å². The van der Waals surface area contributed by atoms with Crippen molar-refractivity contribution in [2.45, 2.75) is 68.2 Å². The van der Waals surface area contributed by atoms with E-state index < -0.39 is 32.6 Å². The summed E-state index contributed by atoms with van der Waals surface area (Å²) in [5.74, 6) is 3.28. The first-order valence-corrected chi connectivity index (χ1v) is 16.8. The highest BCUT2D eigenvalue weighted by Gasteiger charge is 2.52. The molecule has 2 fully saturated rings. The Kier molecular flexibility index (Phi) is 7.31. The summed E-state index contributed by atoms with van der Waals surface area (Å²) in [6.07, 6.45) is 7.17. The van der Waals surface area contributed by atoms with E-state index in [2.05, 4.69) is 20.9 Å². The van der Waals surface area contributed by atoms with Crippen LogP contribution in [-0.4, -0.2) is 56.6 Å². The number of allylic oxidation sites excluding steroid dienone is 1. The summed E-state index contributed by atoms with van der Waals surface area (Å²) < 4.78 is 74.8. The number of rotatable bonds is 7. The molecule has 13 heteroatoms. The van der Waals surface area contributed by atoms with Gasteiger partial charge in [-0.25, -0.2) is 22.6 Å². The number of hydrogen-bond acceptors (Lipinski definition) is 5. The van der Waals surface area contributed by atoms with Gasteiger partial charge in [-0.05, 0) is 92.4 Å². The molecule has 1 aromatic carbocycles. The van der Waals surface area contributed by atoms with Gasteiger partial charge in [0.15, 0.2) is 10.8 Å². The van der Waals surface area contributed by atoms with Gasteiger partial charge in [-0.2, -0.15) is 18.3 Å². The number of benzene rings is 1. The standard InChI is InChI=1S/C33H32F4N6O2S/c1-41-19-30(39-20-41)46(2,45)43(26-4-3-5-26)27-9-6-22-15-29-21(18-40-42(29)25-10-7-24(34)8-11-25)16-32(22,17-27)31(44)28-14-23(12-13-38-28)33(35,36)37/h7-8,10-15,18-20,26-27H,2-6,9,16-17H2,1H3/t27-,32-,46?/m0/s1. The Morgan fingerprint density at radius 2 is 1.87 bits per heavy atom. The molecule has 3 aromatic heterocycles. The first-order valence-electron chi connectivity index (χ1n) is 15.1. The van der Waals surface area contributed by atoms with Crippen LogP contribution >= 0.6 is 0 Å². The van der Waals surface area contributed by atoms with Gasteiger partial charge < -0.3 is 4.57 Å². The minimum absolute atomic E-state index is 0.0262. The molecule has 2 saturated carbocycles. The molecule has 8 nitrogen and oxygen atoms in total. The molecule has 4 aromatic rings. The fourth-order valence-corrected chi connectivity index (χ4v) is 9.26. The van der Waals surface area contributed by atoms with Crippen LogP contribution < -0.4 is 0 Å². The molecule has 240 valence electrons. The predicted octanol–water partition coefficient (Wildman–Crippen LogP) is 6.07. The largest absolute Gasteiger partial charge is 0.416 e. The first kappa shape index (κ1) is 30.5. The molecular formula is C33H32F4N6O2S. The van der Waals surface area contributed by atoms with Gasteiger partial charge in [0.1, 0.15) is 11.5 Å². The van der Waals surface area contributed by atoms with Gasteiger partial charge in [0.25, 0.3) is 0 Å². The zero-order chi connectivity index (χ0) is 32.4. The topological polar surface area (TPSA) is 85.9 Å². The average Bonchev–Trinajstić information content (AvgIpc) is 3.63. The average molecular weight is 653 g/mol. The van der Waals surface area contributed by atoms with E-state index in [1.165, 1.54) is 12.1 Å². The fourth-order valence-electron chi connectivity index (χ4n) is 7.15. The lowest BCUT2D eigenvalue weighted by Gasteiger charge is -2.50. The Hall–Kier alpha value is -4.10. The molecule has 7 rings (SSSR count). The van der Waals surface area contributed by atoms with Crippen molar-refractivity contribution in [3.63, 3.8) is 0 Å². The predicted molar refractivity (Wildman–Crippen MR) is 165 cm³/mol. The second-order valence-electron chi connectivity index (χ2n) is 12.5. The summed E-state index contributed by atoms with van der Waals surface area (Å²) in [5.41, 5.74) is 0.362. The van der Waals surface area contributed by atoms with Crippen molar-refractivity contribution < 1.29 is 26.6 Å². The summed E-state index contributed by atoms with van der Waals surface area (Å²) in [7, 11) is -1.27. The van der Waals surface area contributed by atoms with Crippen LogP contribution in [0, 0.1) is 11.2 Å². The number of aromatic nitrogens is 5. The monoisotopic (exact) mass is 652 g/mol. The van der Waals surface area contributed by atoms with Gasteiger partial charge >= 0.3 is 6.18 Å². The number of halogens is 4. The quantitative estimate of drug-likeness (QED) is 0.138. The number of ketones is 1. The molecule has 0 spiro atoms. The van der Waals surface area contributed by atoms with Crippen LogP contribution in [0.1, 0.15) is 65.8 Å². The second-order valence-corrected chi connectivity index (χ2v) is 14.6. The Bertz CT molecular complexity index is 1960. The second kappa shape index (κ2) is 11.0. The minimum atomic E-state index is -4.65. The molecule has 1 unspecified atom stereocenters. The molecule has 0 bridgehead atoms. The van der Waals surface area contributed by atoms with E-state index in [1.807, 2.05) is 10.4 Å². The molecule has 3 aliphatic carbocycles. The number of alkyl halides is 3. The highest BCUT2D eigenvalue weighted by atomic mass is 32.2. The van der Waals surface area contributed by atoms with Crippen LogP contribution in [0.25, 0.3) is 11.8 Å².